The van der Waals surface area contributed by atoms with Crippen molar-refractivity contribution in [2.45, 2.75) is 32.3 Å². The van der Waals surface area contributed by atoms with Crippen LogP contribution in [-0.4, -0.2) is 50.8 Å². The van der Waals surface area contributed by atoms with Crippen molar-refractivity contribution in [3.63, 3.8) is 0 Å². The van der Waals surface area contributed by atoms with Crippen LogP contribution in [0, 0.1) is 6.92 Å². The maximum absolute atomic E-state index is 11.8. The quantitative estimate of drug-likeness (QED) is 0.662. The molecule has 0 radical (unpaired) electrons. The van der Waals surface area contributed by atoms with Gasteiger partial charge in [0.1, 0.15) is 5.76 Å². The molecule has 128 valence electrons. The van der Waals surface area contributed by atoms with E-state index < -0.39 is 0 Å². The monoisotopic (exact) mass is 324 g/mol. The third-order valence-electron chi connectivity index (χ3n) is 3.63. The minimum atomic E-state index is -0.314. The first-order valence-electron chi connectivity index (χ1n) is 7.95. The predicted molar refractivity (Wildman–Crippen MR) is 83.2 cm³/mol. The highest BCUT2D eigenvalue weighted by molar-refractivity contribution is 5.97. The summed E-state index contributed by atoms with van der Waals surface area (Å²) in [6.45, 7) is 4.19. The van der Waals surface area contributed by atoms with Crippen LogP contribution in [-0.2, 0) is 14.3 Å². The fraction of sp³-hybridized carbons (Fsp3) is 0.625. The van der Waals surface area contributed by atoms with Crippen LogP contribution in [0.5, 0.6) is 0 Å². The molecule has 1 aliphatic rings. The van der Waals surface area contributed by atoms with Gasteiger partial charge in [-0.25, -0.2) is 0 Å². The Balaban J connectivity index is 1.48. The number of aryl methyl sites for hydroxylation is 1. The van der Waals surface area contributed by atoms with Gasteiger partial charge in [0.2, 0.25) is 5.91 Å². The standard InChI is InChI=1S/C16H24N2O5/c1-12-14(5-9-22-12)16(20)18-10-15(19)17-6-3-7-21-11-13-4-2-8-23-13/h5,9,13H,2-4,6-8,10-11H2,1H3,(H,17,19)(H,18,20). The van der Waals surface area contributed by atoms with E-state index in [1.54, 1.807) is 13.0 Å². The van der Waals surface area contributed by atoms with Crippen molar-refractivity contribution in [3.8, 4) is 0 Å². The summed E-state index contributed by atoms with van der Waals surface area (Å²) >= 11 is 0. The predicted octanol–water partition coefficient (Wildman–Crippen LogP) is 1.02. The van der Waals surface area contributed by atoms with Crippen LogP contribution in [0.3, 0.4) is 0 Å². The number of furan rings is 1. The molecule has 1 atom stereocenters. The molecule has 0 saturated carbocycles. The lowest BCUT2D eigenvalue weighted by molar-refractivity contribution is -0.120. The van der Waals surface area contributed by atoms with Crippen LogP contribution in [0.1, 0.15) is 35.4 Å². The van der Waals surface area contributed by atoms with Crippen molar-refractivity contribution >= 4 is 11.8 Å². The molecular weight excluding hydrogens is 300 g/mol. The highest BCUT2D eigenvalue weighted by Crippen LogP contribution is 2.11. The normalized spacial score (nSPS) is 17.2. The van der Waals surface area contributed by atoms with Crippen molar-refractivity contribution in [1.82, 2.24) is 10.6 Å². The van der Waals surface area contributed by atoms with Gasteiger partial charge in [-0.05, 0) is 32.3 Å². The zero-order chi connectivity index (χ0) is 16.5. The lowest BCUT2D eigenvalue weighted by Gasteiger charge is -2.10. The number of carbonyl (C=O) groups is 2. The number of rotatable bonds is 9. The number of ether oxygens (including phenoxy) is 2. The maximum Gasteiger partial charge on any atom is 0.255 e. The van der Waals surface area contributed by atoms with E-state index >= 15 is 0 Å². The second kappa shape index (κ2) is 9.32. The molecule has 0 bridgehead atoms. The van der Waals surface area contributed by atoms with Crippen molar-refractivity contribution < 1.29 is 23.5 Å². The van der Waals surface area contributed by atoms with Gasteiger partial charge in [-0.15, -0.1) is 0 Å². The minimum Gasteiger partial charge on any atom is -0.469 e. The molecule has 7 nitrogen and oxygen atoms in total. The smallest absolute Gasteiger partial charge is 0.255 e. The van der Waals surface area contributed by atoms with Gasteiger partial charge in [0.05, 0.1) is 31.1 Å². The maximum atomic E-state index is 11.8. The summed E-state index contributed by atoms with van der Waals surface area (Å²) < 4.78 is 16.0. The molecule has 2 N–H and O–H groups in total. The molecule has 2 heterocycles. The van der Waals surface area contributed by atoms with Crippen molar-refractivity contribution in [3.05, 3.63) is 23.7 Å². The van der Waals surface area contributed by atoms with Crippen molar-refractivity contribution in [2.24, 2.45) is 0 Å². The summed E-state index contributed by atoms with van der Waals surface area (Å²) in [4.78, 5) is 23.4. The first-order chi connectivity index (χ1) is 11.2. The zero-order valence-corrected chi connectivity index (χ0v) is 13.4. The first kappa shape index (κ1) is 17.5. The SMILES string of the molecule is Cc1occc1C(=O)NCC(=O)NCCCOCC1CCCO1. The number of nitrogens with one attached hydrogen (secondary N) is 2. The van der Waals surface area contributed by atoms with E-state index in [1.807, 2.05) is 0 Å². The average Bonchev–Trinajstić information content (AvgIpc) is 3.19. The number of hydrogen-bond donors (Lipinski definition) is 2. The van der Waals surface area contributed by atoms with E-state index in [-0.39, 0.29) is 24.5 Å². The molecule has 2 rings (SSSR count). The van der Waals surface area contributed by atoms with Crippen molar-refractivity contribution in [2.75, 3.05) is 32.9 Å². The van der Waals surface area contributed by atoms with Gasteiger partial charge < -0.3 is 24.5 Å². The average molecular weight is 324 g/mol. The fourth-order valence-electron chi connectivity index (χ4n) is 2.33. The molecule has 1 aromatic rings. The Labute approximate surface area is 135 Å². The van der Waals surface area contributed by atoms with E-state index in [0.717, 1.165) is 25.9 Å². The third kappa shape index (κ3) is 6.03. The fourth-order valence-corrected chi connectivity index (χ4v) is 2.33. The second-order valence-corrected chi connectivity index (χ2v) is 5.49. The molecule has 2 amide bonds. The molecule has 0 aromatic carbocycles. The molecule has 0 spiro atoms. The van der Waals surface area contributed by atoms with E-state index in [1.165, 1.54) is 6.26 Å². The molecule has 1 saturated heterocycles. The summed E-state index contributed by atoms with van der Waals surface area (Å²) in [5.74, 6) is -0.00350. The summed E-state index contributed by atoms with van der Waals surface area (Å²) in [6.07, 6.45) is 4.57. The van der Waals surface area contributed by atoms with Gasteiger partial charge in [0.25, 0.3) is 5.91 Å². The van der Waals surface area contributed by atoms with Gasteiger partial charge in [-0.1, -0.05) is 0 Å². The van der Waals surface area contributed by atoms with E-state index in [0.29, 0.717) is 31.1 Å². The van der Waals surface area contributed by atoms with Crippen LogP contribution in [0.25, 0.3) is 0 Å². The third-order valence-corrected chi connectivity index (χ3v) is 3.63. The van der Waals surface area contributed by atoms with Crippen LogP contribution < -0.4 is 10.6 Å². The van der Waals surface area contributed by atoms with Gasteiger partial charge in [-0.3, -0.25) is 9.59 Å². The van der Waals surface area contributed by atoms with Crippen molar-refractivity contribution in [1.29, 1.82) is 0 Å². The highest BCUT2D eigenvalue weighted by atomic mass is 16.5. The molecule has 7 heteroatoms. The second-order valence-electron chi connectivity index (χ2n) is 5.49. The molecule has 1 aromatic heterocycles. The molecular formula is C16H24N2O5. The Morgan fingerprint density at radius 3 is 2.96 bits per heavy atom. The van der Waals surface area contributed by atoms with Crippen LogP contribution in [0.4, 0.5) is 0 Å². The highest BCUT2D eigenvalue weighted by Gasteiger charge is 2.15. The Morgan fingerprint density at radius 1 is 1.39 bits per heavy atom. The van der Waals surface area contributed by atoms with Gasteiger partial charge in [0.15, 0.2) is 0 Å². The minimum absolute atomic E-state index is 0.0553. The Morgan fingerprint density at radius 2 is 2.26 bits per heavy atom. The molecule has 23 heavy (non-hydrogen) atoms. The van der Waals surface area contributed by atoms with Gasteiger partial charge in [0, 0.05) is 19.8 Å². The van der Waals surface area contributed by atoms with Gasteiger partial charge in [-0.2, -0.15) is 0 Å². The summed E-state index contributed by atoms with van der Waals surface area (Å²) in [6, 6.07) is 1.58. The Bertz CT molecular complexity index is 508. The number of amides is 2. The molecule has 1 aliphatic heterocycles. The number of hydrogen-bond acceptors (Lipinski definition) is 5. The summed E-state index contributed by atoms with van der Waals surface area (Å²) in [5, 5.41) is 5.29. The van der Waals surface area contributed by atoms with Crippen LogP contribution >= 0.6 is 0 Å². The van der Waals surface area contributed by atoms with Gasteiger partial charge >= 0.3 is 0 Å². The lowest BCUT2D eigenvalue weighted by atomic mass is 10.2. The zero-order valence-electron chi connectivity index (χ0n) is 13.4. The Kier molecular flexibility index (Phi) is 7.09. The number of carbonyl (C=O) groups excluding carboxylic acids is 2. The summed E-state index contributed by atoms with van der Waals surface area (Å²) in [5.41, 5.74) is 0.445. The van der Waals surface area contributed by atoms with E-state index in [2.05, 4.69) is 10.6 Å². The molecule has 1 fully saturated rings. The van der Waals surface area contributed by atoms with E-state index in [9.17, 15) is 9.59 Å². The summed E-state index contributed by atoms with van der Waals surface area (Å²) in [7, 11) is 0. The molecule has 0 aliphatic carbocycles. The Hall–Kier alpha value is -1.86. The molecule has 1 unspecified atom stereocenters. The van der Waals surface area contributed by atoms with Crippen LogP contribution in [0.2, 0.25) is 0 Å². The largest absolute Gasteiger partial charge is 0.469 e. The lowest BCUT2D eigenvalue weighted by Crippen LogP contribution is -2.37. The topological polar surface area (TPSA) is 89.8 Å². The van der Waals surface area contributed by atoms with E-state index in [4.69, 9.17) is 13.9 Å². The first-order valence-corrected chi connectivity index (χ1v) is 7.95. The van der Waals surface area contributed by atoms with Crippen LogP contribution in [0.15, 0.2) is 16.7 Å².